The summed E-state index contributed by atoms with van der Waals surface area (Å²) >= 11 is 4.16. The molecule has 0 aromatic heterocycles. The summed E-state index contributed by atoms with van der Waals surface area (Å²) < 4.78 is 0. The van der Waals surface area contributed by atoms with Crippen molar-refractivity contribution >= 4 is 23.5 Å². The van der Waals surface area contributed by atoms with Crippen LogP contribution >= 0.6 is 23.5 Å². The first-order valence-corrected chi connectivity index (χ1v) is 8.34. The van der Waals surface area contributed by atoms with Crippen molar-refractivity contribution < 1.29 is 0 Å². The van der Waals surface area contributed by atoms with Crippen molar-refractivity contribution in [3.05, 3.63) is 52.0 Å². The summed E-state index contributed by atoms with van der Waals surface area (Å²) in [4.78, 5) is 3.06. The van der Waals surface area contributed by atoms with Crippen LogP contribution in [0.5, 0.6) is 0 Å². The summed E-state index contributed by atoms with van der Waals surface area (Å²) in [5.41, 5.74) is 4.57. The number of aryl methyl sites for hydroxylation is 1. The van der Waals surface area contributed by atoms with Gasteiger partial charge in [-0.25, -0.2) is 0 Å². The van der Waals surface area contributed by atoms with E-state index in [1.165, 1.54) is 16.9 Å². The van der Waals surface area contributed by atoms with E-state index in [2.05, 4.69) is 67.7 Å². The van der Waals surface area contributed by atoms with Crippen LogP contribution in [0.15, 0.2) is 45.7 Å². The lowest BCUT2D eigenvalue weighted by molar-refractivity contribution is 0.723. The molecule has 0 amide bonds. The minimum Gasteiger partial charge on any atom is -0.116 e. The Morgan fingerprint density at radius 3 is 2.94 bits per heavy atom. The molecular formula is C16H16S2. The molecule has 1 aromatic rings. The summed E-state index contributed by atoms with van der Waals surface area (Å²) in [6.07, 6.45) is 6.19. The molecule has 2 heteroatoms. The van der Waals surface area contributed by atoms with E-state index in [-0.39, 0.29) is 0 Å². The van der Waals surface area contributed by atoms with Gasteiger partial charge in [0.25, 0.3) is 0 Å². The number of fused-ring (bicyclic) bond motifs is 5. The van der Waals surface area contributed by atoms with Crippen LogP contribution in [0.3, 0.4) is 0 Å². The third-order valence-corrected chi connectivity index (χ3v) is 7.00. The SMILES string of the molecule is Cc1ccc2c(c1)C1SC3=CC[C@H](C)C=C3C1S2. The second-order valence-corrected chi connectivity index (χ2v) is 7.89. The third-order valence-electron chi connectivity index (χ3n) is 3.98. The number of hydrogen-bond donors (Lipinski definition) is 0. The van der Waals surface area contributed by atoms with E-state index in [9.17, 15) is 0 Å². The van der Waals surface area contributed by atoms with E-state index in [1.54, 1.807) is 16.0 Å². The fourth-order valence-corrected chi connectivity index (χ4v) is 6.28. The Morgan fingerprint density at radius 2 is 2.06 bits per heavy atom. The van der Waals surface area contributed by atoms with E-state index >= 15 is 0 Å². The zero-order chi connectivity index (χ0) is 12.3. The lowest BCUT2D eigenvalue weighted by Gasteiger charge is -2.15. The second-order valence-electron chi connectivity index (χ2n) is 5.52. The van der Waals surface area contributed by atoms with E-state index in [1.807, 2.05) is 0 Å². The molecular weight excluding hydrogens is 256 g/mol. The molecule has 0 nitrogen and oxygen atoms in total. The maximum Gasteiger partial charge on any atom is 0.0519 e. The minimum atomic E-state index is 0.660. The average Bonchev–Trinajstić information content (AvgIpc) is 2.86. The Kier molecular flexibility index (Phi) is 2.46. The van der Waals surface area contributed by atoms with Gasteiger partial charge in [-0.1, -0.05) is 36.8 Å². The summed E-state index contributed by atoms with van der Waals surface area (Å²) in [6.45, 7) is 4.53. The number of thioether (sulfide) groups is 2. The Labute approximate surface area is 117 Å². The summed E-state index contributed by atoms with van der Waals surface area (Å²) in [5, 5.41) is 1.33. The predicted molar refractivity (Wildman–Crippen MR) is 81.1 cm³/mol. The van der Waals surface area contributed by atoms with Crippen LogP contribution in [0.1, 0.15) is 29.7 Å². The molecule has 0 bridgehead atoms. The first-order chi connectivity index (χ1) is 8.72. The first-order valence-electron chi connectivity index (χ1n) is 6.58. The van der Waals surface area contributed by atoms with Gasteiger partial charge in [0, 0.05) is 9.80 Å². The highest BCUT2D eigenvalue weighted by atomic mass is 32.2. The maximum atomic E-state index is 2.51. The Bertz CT molecular complexity index is 583. The lowest BCUT2D eigenvalue weighted by atomic mass is 9.94. The second kappa shape index (κ2) is 3.94. The van der Waals surface area contributed by atoms with Gasteiger partial charge in [-0.15, -0.1) is 23.5 Å². The highest BCUT2D eigenvalue weighted by Gasteiger charge is 2.44. The van der Waals surface area contributed by atoms with Gasteiger partial charge in [0.15, 0.2) is 0 Å². The lowest BCUT2D eigenvalue weighted by Crippen LogP contribution is -2.06. The van der Waals surface area contributed by atoms with Gasteiger partial charge in [0.05, 0.1) is 10.5 Å². The van der Waals surface area contributed by atoms with Gasteiger partial charge >= 0.3 is 0 Å². The van der Waals surface area contributed by atoms with E-state index in [4.69, 9.17) is 0 Å². The summed E-state index contributed by atoms with van der Waals surface area (Å²) in [6, 6.07) is 6.94. The Morgan fingerprint density at radius 1 is 1.17 bits per heavy atom. The minimum absolute atomic E-state index is 0.660. The van der Waals surface area contributed by atoms with Crippen LogP contribution in [-0.2, 0) is 0 Å². The highest BCUT2D eigenvalue weighted by Crippen LogP contribution is 2.63. The van der Waals surface area contributed by atoms with Crippen LogP contribution in [0.4, 0.5) is 0 Å². The standard InChI is InChI=1S/C16H16S2/c1-9-3-5-13-11(7-9)15-16(17-13)12-8-10(2)4-6-14(12)18-15/h3,5-8,10,15-16H,4H2,1-2H3/t10-,15?,16?/m0/s1. The van der Waals surface area contributed by atoms with Gasteiger partial charge in [-0.3, -0.25) is 0 Å². The zero-order valence-electron chi connectivity index (χ0n) is 10.6. The molecule has 0 N–H and O–H groups in total. The van der Waals surface area contributed by atoms with Crippen molar-refractivity contribution in [2.24, 2.45) is 5.92 Å². The number of benzene rings is 1. The molecule has 2 unspecified atom stereocenters. The smallest absolute Gasteiger partial charge is 0.0519 e. The van der Waals surface area contributed by atoms with Crippen molar-refractivity contribution in [2.45, 2.75) is 35.7 Å². The van der Waals surface area contributed by atoms with E-state index in [0.717, 1.165) is 0 Å². The highest BCUT2D eigenvalue weighted by molar-refractivity contribution is 8.07. The normalized spacial score (nSPS) is 32.4. The summed E-state index contributed by atoms with van der Waals surface area (Å²) in [7, 11) is 0. The predicted octanol–water partition coefficient (Wildman–Crippen LogP) is 5.11. The molecule has 0 spiro atoms. The van der Waals surface area contributed by atoms with Gasteiger partial charge < -0.3 is 0 Å². The van der Waals surface area contributed by atoms with Gasteiger partial charge in [0.2, 0.25) is 0 Å². The van der Waals surface area contributed by atoms with Crippen molar-refractivity contribution in [1.29, 1.82) is 0 Å². The quantitative estimate of drug-likeness (QED) is 0.644. The van der Waals surface area contributed by atoms with E-state index < -0.39 is 0 Å². The molecule has 0 saturated carbocycles. The fourth-order valence-electron chi connectivity index (χ4n) is 3.07. The molecule has 18 heavy (non-hydrogen) atoms. The van der Waals surface area contributed by atoms with Gasteiger partial charge in [0.1, 0.15) is 0 Å². The summed E-state index contributed by atoms with van der Waals surface area (Å²) in [5.74, 6) is 0.717. The largest absolute Gasteiger partial charge is 0.116 e. The topological polar surface area (TPSA) is 0 Å². The molecule has 4 rings (SSSR count). The van der Waals surface area contributed by atoms with Crippen molar-refractivity contribution in [2.75, 3.05) is 0 Å². The molecule has 2 aliphatic heterocycles. The van der Waals surface area contributed by atoms with Gasteiger partial charge in [-0.2, -0.15) is 0 Å². The van der Waals surface area contributed by atoms with Crippen LogP contribution < -0.4 is 0 Å². The molecule has 1 aliphatic carbocycles. The average molecular weight is 272 g/mol. The number of hydrogen-bond acceptors (Lipinski definition) is 2. The Hall–Kier alpha value is -0.600. The molecule has 3 aliphatic rings. The third kappa shape index (κ3) is 1.55. The molecule has 2 heterocycles. The number of allylic oxidation sites excluding steroid dienone is 3. The molecule has 1 fully saturated rings. The monoisotopic (exact) mass is 272 g/mol. The van der Waals surface area contributed by atoms with Crippen molar-refractivity contribution in [3.63, 3.8) is 0 Å². The molecule has 92 valence electrons. The van der Waals surface area contributed by atoms with E-state index in [0.29, 0.717) is 16.4 Å². The van der Waals surface area contributed by atoms with Crippen molar-refractivity contribution in [1.82, 2.24) is 0 Å². The van der Waals surface area contributed by atoms with Crippen LogP contribution in [0, 0.1) is 12.8 Å². The van der Waals surface area contributed by atoms with Crippen LogP contribution in [0.25, 0.3) is 0 Å². The number of rotatable bonds is 0. The van der Waals surface area contributed by atoms with Gasteiger partial charge in [-0.05, 0) is 36.5 Å². The molecule has 1 saturated heterocycles. The maximum absolute atomic E-state index is 2.51. The molecule has 1 aromatic carbocycles. The first kappa shape index (κ1) is 11.2. The Balaban J connectivity index is 1.80. The van der Waals surface area contributed by atoms with Crippen LogP contribution in [-0.4, -0.2) is 5.25 Å². The van der Waals surface area contributed by atoms with Crippen molar-refractivity contribution in [3.8, 4) is 0 Å². The zero-order valence-corrected chi connectivity index (χ0v) is 12.3. The van der Waals surface area contributed by atoms with Crippen LogP contribution in [0.2, 0.25) is 0 Å². The molecule has 3 atom stereocenters. The fraction of sp³-hybridized carbons (Fsp3) is 0.375. The molecule has 0 radical (unpaired) electrons.